The first kappa shape index (κ1) is 30.9. The van der Waals surface area contributed by atoms with Gasteiger partial charge in [-0.3, -0.25) is 19.7 Å². The predicted octanol–water partition coefficient (Wildman–Crippen LogP) is 5.90. The van der Waals surface area contributed by atoms with E-state index in [1.807, 2.05) is 4.90 Å². The van der Waals surface area contributed by atoms with Crippen LogP contribution in [0.5, 0.6) is 0 Å². The maximum absolute atomic E-state index is 15.6. The molecule has 4 aromatic rings. The van der Waals surface area contributed by atoms with Crippen LogP contribution in [-0.2, 0) is 11.3 Å². The summed E-state index contributed by atoms with van der Waals surface area (Å²) in [6.45, 7) is -0.604. The van der Waals surface area contributed by atoms with Gasteiger partial charge in [0.25, 0.3) is 5.89 Å². The van der Waals surface area contributed by atoms with Crippen molar-refractivity contribution in [2.45, 2.75) is 38.0 Å². The molecular formula is C29H27F6N7O2. The van der Waals surface area contributed by atoms with Crippen LogP contribution in [0.25, 0.3) is 22.6 Å². The summed E-state index contributed by atoms with van der Waals surface area (Å²) in [5.74, 6) is -1.58. The average Bonchev–Trinajstić information content (AvgIpc) is 3.51. The largest absolute Gasteiger partial charge is 0.415 e. The fraction of sp³-hybridized carbons (Fsp3) is 0.345. The van der Waals surface area contributed by atoms with Crippen molar-refractivity contribution in [3.8, 4) is 22.6 Å². The van der Waals surface area contributed by atoms with Gasteiger partial charge in [0.2, 0.25) is 12.3 Å². The maximum atomic E-state index is 15.6. The summed E-state index contributed by atoms with van der Waals surface area (Å²) < 4.78 is 84.9. The summed E-state index contributed by atoms with van der Waals surface area (Å²) in [6, 6.07) is 9.08. The zero-order chi connectivity index (χ0) is 31.4. The van der Waals surface area contributed by atoms with Crippen LogP contribution in [0.2, 0.25) is 0 Å². The van der Waals surface area contributed by atoms with Crippen molar-refractivity contribution in [1.29, 1.82) is 0 Å². The van der Waals surface area contributed by atoms with E-state index in [1.54, 1.807) is 31.4 Å². The monoisotopic (exact) mass is 619 g/mol. The molecule has 1 saturated heterocycles. The fourth-order valence-electron chi connectivity index (χ4n) is 5.16. The molecule has 1 aliphatic rings. The molecule has 0 aliphatic carbocycles. The van der Waals surface area contributed by atoms with Crippen LogP contribution < -0.4 is 9.80 Å². The average molecular weight is 620 g/mol. The Morgan fingerprint density at radius 2 is 1.84 bits per heavy atom. The first-order chi connectivity index (χ1) is 21.0. The van der Waals surface area contributed by atoms with E-state index in [-0.39, 0.29) is 48.4 Å². The number of anilines is 2. The number of piperidine rings is 1. The summed E-state index contributed by atoms with van der Waals surface area (Å²) in [5, 5.41) is 6.88. The Hall–Kier alpha value is -4.53. The lowest BCUT2D eigenvalue weighted by Gasteiger charge is -2.39. The van der Waals surface area contributed by atoms with E-state index < -0.39 is 30.9 Å². The number of nitrogens with zero attached hydrogens (tertiary/aromatic N) is 7. The van der Waals surface area contributed by atoms with Crippen molar-refractivity contribution in [1.82, 2.24) is 25.1 Å². The van der Waals surface area contributed by atoms with Gasteiger partial charge in [-0.2, -0.15) is 22.0 Å². The first-order valence-corrected chi connectivity index (χ1v) is 13.6. The SMILES string of the molecule is CN(c1cc(-c2cccnc2)c(F)cc1N(C=O)Cc1ccc(-c2nnc(C(F)F)o2)cn1)C1CCN(CC(F)(F)F)CC1. The quantitative estimate of drug-likeness (QED) is 0.160. The number of halogens is 6. The van der Waals surface area contributed by atoms with Crippen molar-refractivity contribution in [2.24, 2.45) is 0 Å². The third-order valence-corrected chi connectivity index (χ3v) is 7.39. The summed E-state index contributed by atoms with van der Waals surface area (Å²) in [4.78, 5) is 25.2. The maximum Gasteiger partial charge on any atom is 0.401 e. The van der Waals surface area contributed by atoms with Crippen LogP contribution in [0.15, 0.2) is 59.4 Å². The van der Waals surface area contributed by atoms with Gasteiger partial charge in [0, 0.05) is 62.0 Å². The summed E-state index contributed by atoms with van der Waals surface area (Å²) in [7, 11) is 1.77. The van der Waals surface area contributed by atoms with Gasteiger partial charge in [0.1, 0.15) is 5.82 Å². The van der Waals surface area contributed by atoms with E-state index in [1.165, 1.54) is 40.4 Å². The van der Waals surface area contributed by atoms with Crippen LogP contribution >= 0.6 is 0 Å². The molecular weight excluding hydrogens is 592 g/mol. The highest BCUT2D eigenvalue weighted by atomic mass is 19.4. The van der Waals surface area contributed by atoms with E-state index >= 15 is 4.39 Å². The Balaban J connectivity index is 1.43. The number of likely N-dealkylation sites (tertiary alicyclic amines) is 1. The minimum atomic E-state index is -4.29. The number of benzene rings is 1. The number of aromatic nitrogens is 4. The van der Waals surface area contributed by atoms with Gasteiger partial charge in [0.05, 0.1) is 35.7 Å². The van der Waals surface area contributed by atoms with Crippen molar-refractivity contribution >= 4 is 17.8 Å². The second kappa shape index (κ2) is 13.0. The van der Waals surface area contributed by atoms with Gasteiger partial charge < -0.3 is 14.2 Å². The van der Waals surface area contributed by atoms with E-state index in [0.717, 1.165) is 0 Å². The van der Waals surface area contributed by atoms with Crippen molar-refractivity contribution in [2.75, 3.05) is 36.5 Å². The number of alkyl halides is 5. The standard InChI is InChI=1S/C29H27F6N7O2/c1-40(21-6-9-41(10-7-21)16-29(33,34)35)24-11-22(18-3-2-8-36-13-18)23(30)12-25(24)42(17-43)15-20-5-4-19(14-37-20)27-38-39-28(44-27)26(31)32/h2-5,8,11-14,17,21,26H,6-7,9-10,15-16H2,1H3. The van der Waals surface area contributed by atoms with Gasteiger partial charge in [-0.05, 0) is 37.1 Å². The molecule has 0 saturated carbocycles. The molecule has 15 heteroatoms. The number of rotatable bonds is 10. The van der Waals surface area contributed by atoms with Crippen molar-refractivity contribution < 1.29 is 35.6 Å². The molecule has 0 radical (unpaired) electrons. The Bertz CT molecular complexity index is 1560. The smallest absolute Gasteiger partial charge is 0.401 e. The van der Waals surface area contributed by atoms with Gasteiger partial charge in [-0.1, -0.05) is 6.07 Å². The number of pyridine rings is 2. The summed E-state index contributed by atoms with van der Waals surface area (Å²) in [6.07, 6.45) is -1.43. The molecule has 9 nitrogen and oxygen atoms in total. The second-order valence-corrected chi connectivity index (χ2v) is 10.3. The molecule has 4 heterocycles. The molecule has 1 aromatic carbocycles. The molecule has 44 heavy (non-hydrogen) atoms. The number of hydrogen-bond acceptors (Lipinski definition) is 8. The molecule has 0 unspecified atom stereocenters. The summed E-state index contributed by atoms with van der Waals surface area (Å²) in [5.41, 5.74) is 2.16. The lowest BCUT2D eigenvalue weighted by atomic mass is 10.00. The van der Waals surface area contributed by atoms with E-state index in [9.17, 15) is 26.7 Å². The molecule has 1 aliphatic heterocycles. The lowest BCUT2D eigenvalue weighted by Crippen LogP contribution is -2.46. The van der Waals surface area contributed by atoms with Crippen molar-refractivity contribution in [3.63, 3.8) is 0 Å². The predicted molar refractivity (Wildman–Crippen MR) is 148 cm³/mol. The van der Waals surface area contributed by atoms with E-state index in [0.29, 0.717) is 36.2 Å². The number of hydrogen-bond donors (Lipinski definition) is 0. The molecule has 0 bridgehead atoms. The molecule has 1 amide bonds. The topological polar surface area (TPSA) is 91.5 Å². The Morgan fingerprint density at radius 1 is 1.07 bits per heavy atom. The first-order valence-electron chi connectivity index (χ1n) is 13.6. The molecule has 0 atom stereocenters. The van der Waals surface area contributed by atoms with Crippen LogP contribution in [0.1, 0.15) is 30.9 Å². The van der Waals surface area contributed by atoms with Gasteiger partial charge in [0.15, 0.2) is 0 Å². The second-order valence-electron chi connectivity index (χ2n) is 10.3. The highest BCUT2D eigenvalue weighted by molar-refractivity contribution is 5.87. The molecule has 1 fully saturated rings. The van der Waals surface area contributed by atoms with E-state index in [2.05, 4.69) is 20.2 Å². The Labute approximate surface area is 248 Å². The zero-order valence-corrected chi connectivity index (χ0v) is 23.4. The Morgan fingerprint density at radius 3 is 2.43 bits per heavy atom. The van der Waals surface area contributed by atoms with Gasteiger partial charge >= 0.3 is 12.6 Å². The molecule has 0 N–H and O–H groups in total. The normalized spacial score (nSPS) is 14.6. The van der Waals surface area contributed by atoms with Crippen LogP contribution in [0, 0.1) is 5.82 Å². The van der Waals surface area contributed by atoms with Gasteiger partial charge in [-0.25, -0.2) is 4.39 Å². The number of carbonyl (C=O) groups is 1. The molecule has 5 rings (SSSR count). The van der Waals surface area contributed by atoms with Crippen LogP contribution in [-0.4, -0.2) is 70.4 Å². The Kier molecular flexibility index (Phi) is 9.13. The van der Waals surface area contributed by atoms with Crippen molar-refractivity contribution in [3.05, 3.63) is 72.4 Å². The third kappa shape index (κ3) is 7.15. The minimum Gasteiger partial charge on any atom is -0.415 e. The molecule has 232 valence electrons. The third-order valence-electron chi connectivity index (χ3n) is 7.39. The highest BCUT2D eigenvalue weighted by Crippen LogP contribution is 2.38. The number of carbonyl (C=O) groups excluding carboxylic acids is 1. The molecule has 3 aromatic heterocycles. The van der Waals surface area contributed by atoms with Crippen LogP contribution in [0.3, 0.4) is 0 Å². The molecule has 0 spiro atoms. The zero-order valence-electron chi connectivity index (χ0n) is 23.4. The summed E-state index contributed by atoms with van der Waals surface area (Å²) >= 11 is 0. The number of amides is 1. The lowest BCUT2D eigenvalue weighted by molar-refractivity contribution is -0.147. The van der Waals surface area contributed by atoms with Crippen LogP contribution in [0.4, 0.5) is 37.7 Å². The highest BCUT2D eigenvalue weighted by Gasteiger charge is 2.34. The van der Waals surface area contributed by atoms with E-state index in [4.69, 9.17) is 4.42 Å². The minimum absolute atomic E-state index is 0.0769. The fourth-order valence-corrected chi connectivity index (χ4v) is 5.16. The van der Waals surface area contributed by atoms with Gasteiger partial charge in [-0.15, -0.1) is 10.2 Å².